The summed E-state index contributed by atoms with van der Waals surface area (Å²) in [6.07, 6.45) is 4.42. The van der Waals surface area contributed by atoms with Gasteiger partial charge >= 0.3 is 0 Å². The van der Waals surface area contributed by atoms with Gasteiger partial charge in [0.1, 0.15) is 0 Å². The summed E-state index contributed by atoms with van der Waals surface area (Å²) in [5, 5.41) is 3.65. The topological polar surface area (TPSA) is 12.0 Å². The van der Waals surface area contributed by atoms with Crippen LogP contribution in [0.3, 0.4) is 0 Å². The lowest BCUT2D eigenvalue weighted by Gasteiger charge is -2.45. The SMILES string of the molecule is CC(C)[C@H]1C[C@H]2CC[C@@H]1NC2. The zero-order chi connectivity index (χ0) is 7.84. The van der Waals surface area contributed by atoms with Gasteiger partial charge in [0.15, 0.2) is 0 Å². The van der Waals surface area contributed by atoms with Crippen LogP contribution >= 0.6 is 0 Å². The maximum Gasteiger partial charge on any atom is 0.00981 e. The first kappa shape index (κ1) is 7.60. The average Bonchev–Trinajstić information content (AvgIpc) is 2.06. The fourth-order valence-corrected chi connectivity index (χ4v) is 2.79. The summed E-state index contributed by atoms with van der Waals surface area (Å²) in [5.74, 6) is 2.87. The molecule has 2 heterocycles. The molecule has 1 nitrogen and oxygen atoms in total. The molecule has 0 aromatic rings. The van der Waals surface area contributed by atoms with Gasteiger partial charge in [-0.05, 0) is 43.6 Å². The molecule has 0 unspecified atom stereocenters. The van der Waals surface area contributed by atoms with Crippen molar-refractivity contribution in [3.63, 3.8) is 0 Å². The zero-order valence-corrected chi connectivity index (χ0v) is 7.64. The van der Waals surface area contributed by atoms with Crippen molar-refractivity contribution in [2.24, 2.45) is 17.8 Å². The molecular formula is C10H19N. The van der Waals surface area contributed by atoms with Crippen molar-refractivity contribution in [2.75, 3.05) is 6.54 Å². The quantitative estimate of drug-likeness (QED) is 0.608. The van der Waals surface area contributed by atoms with Gasteiger partial charge in [-0.1, -0.05) is 13.8 Å². The Hall–Kier alpha value is -0.0400. The van der Waals surface area contributed by atoms with Crippen LogP contribution in [0.4, 0.5) is 0 Å². The molecule has 0 aromatic carbocycles. The summed E-state index contributed by atoms with van der Waals surface area (Å²) in [5.41, 5.74) is 0. The molecule has 1 N–H and O–H groups in total. The Morgan fingerprint density at radius 3 is 2.36 bits per heavy atom. The molecular weight excluding hydrogens is 134 g/mol. The summed E-state index contributed by atoms with van der Waals surface area (Å²) >= 11 is 0. The van der Waals surface area contributed by atoms with Gasteiger partial charge in [0.25, 0.3) is 0 Å². The molecule has 0 amide bonds. The van der Waals surface area contributed by atoms with E-state index in [4.69, 9.17) is 0 Å². The van der Waals surface area contributed by atoms with Crippen LogP contribution in [0.2, 0.25) is 0 Å². The number of hydrogen-bond acceptors (Lipinski definition) is 1. The minimum atomic E-state index is 0.861. The van der Waals surface area contributed by atoms with Gasteiger partial charge < -0.3 is 5.32 Å². The van der Waals surface area contributed by atoms with Gasteiger partial charge in [0, 0.05) is 6.04 Å². The third-order valence-corrected chi connectivity index (χ3v) is 3.53. The normalized spacial score (nSPS) is 43.4. The molecule has 64 valence electrons. The molecule has 3 atom stereocenters. The lowest BCUT2D eigenvalue weighted by molar-refractivity contribution is 0.105. The van der Waals surface area contributed by atoms with Gasteiger partial charge in [-0.3, -0.25) is 0 Å². The van der Waals surface area contributed by atoms with Crippen LogP contribution in [-0.2, 0) is 0 Å². The highest BCUT2D eigenvalue weighted by Gasteiger charge is 2.36. The molecule has 2 aliphatic heterocycles. The first-order valence-electron chi connectivity index (χ1n) is 5.00. The minimum absolute atomic E-state index is 0.861. The Kier molecular flexibility index (Phi) is 1.92. The van der Waals surface area contributed by atoms with E-state index in [2.05, 4.69) is 19.2 Å². The highest BCUT2D eigenvalue weighted by molar-refractivity contribution is 4.92. The minimum Gasteiger partial charge on any atom is -0.313 e. The van der Waals surface area contributed by atoms with Crippen LogP contribution < -0.4 is 5.32 Å². The lowest BCUT2D eigenvalue weighted by Crippen LogP contribution is -2.51. The van der Waals surface area contributed by atoms with Crippen molar-refractivity contribution in [1.82, 2.24) is 5.32 Å². The first-order chi connectivity index (χ1) is 5.27. The summed E-state index contributed by atoms with van der Waals surface area (Å²) < 4.78 is 0. The highest BCUT2D eigenvalue weighted by atomic mass is 15.0. The summed E-state index contributed by atoms with van der Waals surface area (Å²) in [6, 6.07) is 0.861. The van der Waals surface area contributed by atoms with Crippen molar-refractivity contribution < 1.29 is 0 Å². The van der Waals surface area contributed by atoms with E-state index < -0.39 is 0 Å². The highest BCUT2D eigenvalue weighted by Crippen LogP contribution is 2.37. The maximum atomic E-state index is 3.65. The zero-order valence-electron chi connectivity index (χ0n) is 7.64. The van der Waals surface area contributed by atoms with Crippen LogP contribution in [0.15, 0.2) is 0 Å². The Bertz CT molecular complexity index is 134. The molecule has 2 bridgehead atoms. The fraction of sp³-hybridized carbons (Fsp3) is 1.00. The largest absolute Gasteiger partial charge is 0.313 e. The van der Waals surface area contributed by atoms with E-state index in [1.807, 2.05) is 0 Å². The lowest BCUT2D eigenvalue weighted by atomic mass is 9.70. The van der Waals surface area contributed by atoms with Crippen LogP contribution in [0, 0.1) is 17.8 Å². The third-order valence-electron chi connectivity index (χ3n) is 3.53. The summed E-state index contributed by atoms with van der Waals surface area (Å²) in [7, 11) is 0. The van der Waals surface area contributed by atoms with Crippen molar-refractivity contribution >= 4 is 0 Å². The van der Waals surface area contributed by atoms with E-state index in [1.54, 1.807) is 0 Å². The number of rotatable bonds is 1. The second-order valence-corrected chi connectivity index (χ2v) is 4.60. The van der Waals surface area contributed by atoms with Crippen molar-refractivity contribution in [3.8, 4) is 0 Å². The number of fused-ring (bicyclic) bond motifs is 3. The van der Waals surface area contributed by atoms with Crippen LogP contribution in [-0.4, -0.2) is 12.6 Å². The number of piperidine rings is 2. The second-order valence-electron chi connectivity index (χ2n) is 4.60. The summed E-state index contributed by atoms with van der Waals surface area (Å²) in [6.45, 7) is 6.04. The predicted octanol–water partition coefficient (Wildman–Crippen LogP) is 2.03. The van der Waals surface area contributed by atoms with Crippen molar-refractivity contribution in [2.45, 2.75) is 39.2 Å². The fourth-order valence-electron chi connectivity index (χ4n) is 2.79. The Morgan fingerprint density at radius 2 is 2.09 bits per heavy atom. The molecule has 2 saturated heterocycles. The molecule has 0 aromatic heterocycles. The molecule has 1 heteroatoms. The first-order valence-corrected chi connectivity index (χ1v) is 5.00. The molecule has 1 saturated carbocycles. The van der Waals surface area contributed by atoms with Gasteiger partial charge in [0.05, 0.1) is 0 Å². The van der Waals surface area contributed by atoms with E-state index in [1.165, 1.54) is 25.8 Å². The van der Waals surface area contributed by atoms with Crippen LogP contribution in [0.5, 0.6) is 0 Å². The Morgan fingerprint density at radius 1 is 1.27 bits per heavy atom. The molecule has 11 heavy (non-hydrogen) atoms. The predicted molar refractivity (Wildman–Crippen MR) is 47.5 cm³/mol. The second kappa shape index (κ2) is 2.78. The standard InChI is InChI=1S/C10H19N/c1-7(2)9-5-8-3-4-10(9)11-6-8/h7-11H,3-6H2,1-2H3/t8-,9-,10+/m1/s1. The molecule has 1 aliphatic carbocycles. The summed E-state index contributed by atoms with van der Waals surface area (Å²) in [4.78, 5) is 0. The molecule has 3 fully saturated rings. The molecule has 3 rings (SSSR count). The molecule has 0 radical (unpaired) electrons. The average molecular weight is 153 g/mol. The number of hydrogen-bond donors (Lipinski definition) is 1. The monoisotopic (exact) mass is 153 g/mol. The van der Waals surface area contributed by atoms with E-state index >= 15 is 0 Å². The van der Waals surface area contributed by atoms with Gasteiger partial charge in [-0.2, -0.15) is 0 Å². The smallest absolute Gasteiger partial charge is 0.00981 e. The van der Waals surface area contributed by atoms with E-state index in [0.29, 0.717) is 0 Å². The van der Waals surface area contributed by atoms with Gasteiger partial charge in [-0.25, -0.2) is 0 Å². The van der Waals surface area contributed by atoms with E-state index in [-0.39, 0.29) is 0 Å². The molecule has 3 aliphatic rings. The van der Waals surface area contributed by atoms with Crippen LogP contribution in [0.1, 0.15) is 33.1 Å². The van der Waals surface area contributed by atoms with Gasteiger partial charge in [-0.15, -0.1) is 0 Å². The van der Waals surface area contributed by atoms with E-state index in [0.717, 1.165) is 23.8 Å². The van der Waals surface area contributed by atoms with Crippen molar-refractivity contribution in [1.29, 1.82) is 0 Å². The third kappa shape index (κ3) is 1.31. The van der Waals surface area contributed by atoms with Crippen LogP contribution in [0.25, 0.3) is 0 Å². The van der Waals surface area contributed by atoms with E-state index in [9.17, 15) is 0 Å². The van der Waals surface area contributed by atoms with Crippen molar-refractivity contribution in [3.05, 3.63) is 0 Å². The Labute approximate surface area is 69.6 Å². The van der Waals surface area contributed by atoms with Gasteiger partial charge in [0.2, 0.25) is 0 Å². The maximum absolute atomic E-state index is 3.65. The number of nitrogens with one attached hydrogen (secondary N) is 1. The molecule has 0 spiro atoms. The Balaban J connectivity index is 2.03.